The van der Waals surface area contributed by atoms with Gasteiger partial charge in [0.25, 0.3) is 0 Å². The van der Waals surface area contributed by atoms with E-state index in [1.54, 1.807) is 25.8 Å². The van der Waals surface area contributed by atoms with Crippen molar-refractivity contribution < 1.29 is 14.3 Å². The second-order valence-electron chi connectivity index (χ2n) is 5.62. The Morgan fingerprint density at radius 3 is 2.71 bits per heavy atom. The molecule has 0 spiro atoms. The predicted molar refractivity (Wildman–Crippen MR) is 96.4 cm³/mol. The van der Waals surface area contributed by atoms with E-state index in [-0.39, 0.29) is 11.3 Å². The van der Waals surface area contributed by atoms with E-state index < -0.39 is 0 Å². The average molecular weight is 343 g/mol. The molecule has 5 heteroatoms. The molecule has 1 saturated heterocycles. The molecule has 0 N–H and O–H groups in total. The highest BCUT2D eigenvalue weighted by Gasteiger charge is 2.29. The van der Waals surface area contributed by atoms with Gasteiger partial charge in [-0.05, 0) is 23.3 Å². The third kappa shape index (κ3) is 3.67. The lowest BCUT2D eigenvalue weighted by Crippen LogP contribution is -2.27. The molecule has 0 bridgehead atoms. The Bertz CT molecular complexity index is 705. The minimum absolute atomic E-state index is 0.0486. The number of thioether (sulfide) groups is 1. The summed E-state index contributed by atoms with van der Waals surface area (Å²) in [5.74, 6) is 2.46. The largest absolute Gasteiger partial charge is 0.493 e. The van der Waals surface area contributed by atoms with Gasteiger partial charge in [0, 0.05) is 19.2 Å². The average Bonchev–Trinajstić information content (AvgIpc) is 3.10. The molecule has 1 atom stereocenters. The summed E-state index contributed by atoms with van der Waals surface area (Å²) in [6, 6.07) is 15.9. The van der Waals surface area contributed by atoms with Crippen molar-refractivity contribution in [2.24, 2.45) is 0 Å². The summed E-state index contributed by atoms with van der Waals surface area (Å²) in [6.45, 7) is 2.89. The van der Waals surface area contributed by atoms with E-state index in [2.05, 4.69) is 0 Å². The van der Waals surface area contributed by atoms with Crippen molar-refractivity contribution in [2.75, 3.05) is 19.4 Å². The van der Waals surface area contributed by atoms with Gasteiger partial charge in [0.15, 0.2) is 11.5 Å². The lowest BCUT2D eigenvalue weighted by atomic mass is 10.1. The summed E-state index contributed by atoms with van der Waals surface area (Å²) in [5.41, 5.74) is 2.17. The van der Waals surface area contributed by atoms with Gasteiger partial charge in [-0.3, -0.25) is 4.79 Å². The third-order valence-corrected chi connectivity index (χ3v) is 5.27. The first kappa shape index (κ1) is 16.7. The molecule has 126 valence electrons. The number of hydrogen-bond donors (Lipinski definition) is 0. The van der Waals surface area contributed by atoms with Crippen LogP contribution in [0, 0.1) is 0 Å². The fourth-order valence-electron chi connectivity index (χ4n) is 2.76. The quantitative estimate of drug-likeness (QED) is 0.826. The van der Waals surface area contributed by atoms with E-state index in [9.17, 15) is 4.79 Å². The second-order valence-corrected chi connectivity index (χ2v) is 6.81. The van der Waals surface area contributed by atoms with Crippen LogP contribution in [-0.4, -0.2) is 30.2 Å². The molecule has 3 rings (SSSR count). The third-order valence-electron chi connectivity index (χ3n) is 4.01. The first-order chi connectivity index (χ1) is 11.7. The Hall–Kier alpha value is -2.14. The van der Waals surface area contributed by atoms with Gasteiger partial charge >= 0.3 is 0 Å². The highest BCUT2D eigenvalue weighted by molar-refractivity contribution is 7.99. The van der Waals surface area contributed by atoms with Crippen LogP contribution in [0.25, 0.3) is 0 Å². The van der Waals surface area contributed by atoms with Crippen LogP contribution in [0.2, 0.25) is 0 Å². The second kappa shape index (κ2) is 7.62. The topological polar surface area (TPSA) is 38.8 Å². The van der Waals surface area contributed by atoms with E-state index in [0.29, 0.717) is 18.1 Å². The Kier molecular flexibility index (Phi) is 5.30. The lowest BCUT2D eigenvalue weighted by Gasteiger charge is -2.23. The van der Waals surface area contributed by atoms with Gasteiger partial charge in [-0.25, -0.2) is 0 Å². The van der Waals surface area contributed by atoms with Crippen LogP contribution in [0.1, 0.15) is 23.4 Å². The number of methoxy groups -OCH3 is 1. The molecule has 4 nitrogen and oxygen atoms in total. The number of ether oxygens (including phenoxy) is 2. The molecule has 2 aromatic rings. The maximum absolute atomic E-state index is 11.8. The first-order valence-electron chi connectivity index (χ1n) is 7.92. The molecule has 0 unspecified atom stereocenters. The molecular weight excluding hydrogens is 322 g/mol. The van der Waals surface area contributed by atoms with E-state index in [1.165, 1.54) is 0 Å². The summed E-state index contributed by atoms with van der Waals surface area (Å²) < 4.78 is 11.4. The standard InChI is InChI=1S/C19H21NO3S/c1-14(21)20-10-11-24-19(20)16-8-9-17(22-2)18(12-16)23-13-15-6-4-3-5-7-15/h3-9,12,19H,10-11,13H2,1-2H3/t19-/m0/s1. The van der Waals surface area contributed by atoms with Crippen molar-refractivity contribution in [3.63, 3.8) is 0 Å². The molecule has 2 aromatic carbocycles. The highest BCUT2D eigenvalue weighted by atomic mass is 32.2. The molecule has 1 fully saturated rings. The van der Waals surface area contributed by atoms with E-state index in [4.69, 9.17) is 9.47 Å². The summed E-state index contributed by atoms with van der Waals surface area (Å²) >= 11 is 1.78. The van der Waals surface area contributed by atoms with Crippen LogP contribution in [0.5, 0.6) is 11.5 Å². The molecule has 1 amide bonds. The predicted octanol–water partition coefficient (Wildman–Crippen LogP) is 3.87. The van der Waals surface area contributed by atoms with Crippen LogP contribution in [0.3, 0.4) is 0 Å². The molecular formula is C19H21NO3S. The molecule has 0 radical (unpaired) electrons. The molecule has 0 aromatic heterocycles. The van der Waals surface area contributed by atoms with Crippen molar-refractivity contribution in [1.82, 2.24) is 4.90 Å². The smallest absolute Gasteiger partial charge is 0.220 e. The Labute approximate surface area is 146 Å². The van der Waals surface area contributed by atoms with Gasteiger partial charge in [-0.2, -0.15) is 0 Å². The summed E-state index contributed by atoms with van der Waals surface area (Å²) in [4.78, 5) is 13.7. The highest BCUT2D eigenvalue weighted by Crippen LogP contribution is 2.41. The Morgan fingerprint density at radius 1 is 1.21 bits per heavy atom. The Morgan fingerprint density at radius 2 is 2.00 bits per heavy atom. The number of benzene rings is 2. The van der Waals surface area contributed by atoms with Gasteiger partial charge in [0.1, 0.15) is 12.0 Å². The molecule has 0 aliphatic carbocycles. The van der Waals surface area contributed by atoms with Crippen LogP contribution in [0.4, 0.5) is 0 Å². The number of carbonyl (C=O) groups is 1. The van der Waals surface area contributed by atoms with Gasteiger partial charge in [0.2, 0.25) is 5.91 Å². The summed E-state index contributed by atoms with van der Waals surface area (Å²) in [7, 11) is 1.64. The van der Waals surface area contributed by atoms with Gasteiger partial charge in [0.05, 0.1) is 7.11 Å². The van der Waals surface area contributed by atoms with Crippen molar-refractivity contribution in [3.8, 4) is 11.5 Å². The monoisotopic (exact) mass is 343 g/mol. The van der Waals surface area contributed by atoms with Gasteiger partial charge < -0.3 is 14.4 Å². The normalized spacial score (nSPS) is 16.9. The van der Waals surface area contributed by atoms with Crippen molar-refractivity contribution in [2.45, 2.75) is 18.9 Å². The van der Waals surface area contributed by atoms with Crippen molar-refractivity contribution >= 4 is 17.7 Å². The van der Waals surface area contributed by atoms with Crippen LogP contribution < -0.4 is 9.47 Å². The SMILES string of the molecule is COc1ccc([C@@H]2SCCN2C(C)=O)cc1OCc1ccccc1. The number of hydrogen-bond acceptors (Lipinski definition) is 4. The zero-order chi connectivity index (χ0) is 16.9. The van der Waals surface area contributed by atoms with Gasteiger partial charge in [-0.1, -0.05) is 36.4 Å². The summed E-state index contributed by atoms with van der Waals surface area (Å²) in [6.07, 6.45) is 0. The first-order valence-corrected chi connectivity index (χ1v) is 8.97. The minimum atomic E-state index is 0.0486. The number of rotatable bonds is 5. The lowest BCUT2D eigenvalue weighted by molar-refractivity contribution is -0.128. The fourth-order valence-corrected chi connectivity index (χ4v) is 4.06. The van der Waals surface area contributed by atoms with Gasteiger partial charge in [-0.15, -0.1) is 11.8 Å². The number of carbonyl (C=O) groups excluding carboxylic acids is 1. The maximum Gasteiger partial charge on any atom is 0.220 e. The van der Waals surface area contributed by atoms with Crippen LogP contribution in [0.15, 0.2) is 48.5 Å². The zero-order valence-corrected chi connectivity index (χ0v) is 14.7. The number of amides is 1. The van der Waals surface area contributed by atoms with Crippen LogP contribution in [-0.2, 0) is 11.4 Å². The molecule has 0 saturated carbocycles. The maximum atomic E-state index is 11.8. The molecule has 1 aliphatic rings. The van der Waals surface area contributed by atoms with Crippen LogP contribution >= 0.6 is 11.8 Å². The van der Waals surface area contributed by atoms with E-state index in [0.717, 1.165) is 23.4 Å². The number of nitrogens with zero attached hydrogens (tertiary/aromatic N) is 1. The van der Waals surface area contributed by atoms with E-state index in [1.807, 2.05) is 53.4 Å². The van der Waals surface area contributed by atoms with E-state index >= 15 is 0 Å². The molecule has 24 heavy (non-hydrogen) atoms. The van der Waals surface area contributed by atoms with Crippen molar-refractivity contribution in [1.29, 1.82) is 0 Å². The summed E-state index contributed by atoms with van der Waals surface area (Å²) in [5, 5.41) is 0.0486. The minimum Gasteiger partial charge on any atom is -0.493 e. The Balaban J connectivity index is 1.81. The van der Waals surface area contributed by atoms with Crippen molar-refractivity contribution in [3.05, 3.63) is 59.7 Å². The zero-order valence-electron chi connectivity index (χ0n) is 13.9. The fraction of sp³-hybridized carbons (Fsp3) is 0.316. The molecule has 1 heterocycles. The molecule has 1 aliphatic heterocycles.